The SMILES string of the molecule is CC(C)CNCc1ccoc1COCCC(F)(F)F. The summed E-state index contributed by atoms with van der Waals surface area (Å²) in [5.41, 5.74) is 0.924. The van der Waals surface area contributed by atoms with Crippen molar-refractivity contribution in [3.63, 3.8) is 0 Å². The minimum absolute atomic E-state index is 0.0712. The number of nitrogens with one attached hydrogen (secondary N) is 1. The van der Waals surface area contributed by atoms with Crippen LogP contribution in [0.4, 0.5) is 13.2 Å². The number of furan rings is 1. The number of hydrogen-bond acceptors (Lipinski definition) is 3. The number of halogens is 3. The summed E-state index contributed by atoms with van der Waals surface area (Å²) in [6.07, 6.45) is -3.59. The second-order valence-electron chi connectivity index (χ2n) is 4.81. The third-order valence-corrected chi connectivity index (χ3v) is 2.47. The van der Waals surface area contributed by atoms with Crippen molar-refractivity contribution in [1.29, 1.82) is 0 Å². The summed E-state index contributed by atoms with van der Waals surface area (Å²) in [5, 5.41) is 3.25. The second-order valence-corrected chi connectivity index (χ2v) is 4.81. The average molecular weight is 279 g/mol. The van der Waals surface area contributed by atoms with E-state index in [1.807, 2.05) is 0 Å². The van der Waals surface area contributed by atoms with Gasteiger partial charge in [0.2, 0.25) is 0 Å². The third kappa shape index (κ3) is 7.22. The van der Waals surface area contributed by atoms with E-state index in [1.54, 1.807) is 6.07 Å². The van der Waals surface area contributed by atoms with Crippen molar-refractivity contribution in [2.45, 2.75) is 39.6 Å². The van der Waals surface area contributed by atoms with E-state index >= 15 is 0 Å². The van der Waals surface area contributed by atoms with E-state index in [2.05, 4.69) is 19.2 Å². The molecular formula is C13H20F3NO2. The molecule has 110 valence electrons. The minimum Gasteiger partial charge on any atom is -0.467 e. The number of rotatable bonds is 8. The van der Waals surface area contributed by atoms with Gasteiger partial charge in [0.05, 0.1) is 19.3 Å². The molecule has 1 aromatic heterocycles. The molecule has 1 N–H and O–H groups in total. The second kappa shape index (κ2) is 7.55. The van der Waals surface area contributed by atoms with Gasteiger partial charge in [-0.15, -0.1) is 0 Å². The quantitative estimate of drug-likeness (QED) is 0.740. The van der Waals surface area contributed by atoms with E-state index in [1.165, 1.54) is 6.26 Å². The highest BCUT2D eigenvalue weighted by atomic mass is 19.4. The largest absolute Gasteiger partial charge is 0.467 e. The van der Waals surface area contributed by atoms with Crippen molar-refractivity contribution in [1.82, 2.24) is 5.32 Å². The fourth-order valence-electron chi connectivity index (χ4n) is 1.50. The summed E-state index contributed by atoms with van der Waals surface area (Å²) in [7, 11) is 0. The lowest BCUT2D eigenvalue weighted by Crippen LogP contribution is -2.19. The van der Waals surface area contributed by atoms with Crippen LogP contribution in [0.25, 0.3) is 0 Å². The number of ether oxygens (including phenoxy) is 1. The van der Waals surface area contributed by atoms with E-state index in [9.17, 15) is 13.2 Å². The van der Waals surface area contributed by atoms with Gasteiger partial charge >= 0.3 is 6.18 Å². The molecule has 0 amide bonds. The van der Waals surface area contributed by atoms with Gasteiger partial charge in [-0.3, -0.25) is 0 Å². The van der Waals surface area contributed by atoms with Crippen LogP contribution in [-0.4, -0.2) is 19.3 Å². The van der Waals surface area contributed by atoms with Crippen molar-refractivity contribution in [2.24, 2.45) is 5.92 Å². The van der Waals surface area contributed by atoms with Gasteiger partial charge in [0.15, 0.2) is 0 Å². The molecule has 0 aliphatic rings. The monoisotopic (exact) mass is 279 g/mol. The van der Waals surface area contributed by atoms with Crippen LogP contribution >= 0.6 is 0 Å². The van der Waals surface area contributed by atoms with Crippen LogP contribution in [0.2, 0.25) is 0 Å². The topological polar surface area (TPSA) is 34.4 Å². The zero-order valence-electron chi connectivity index (χ0n) is 11.2. The zero-order chi connectivity index (χ0) is 14.3. The van der Waals surface area contributed by atoms with Crippen molar-refractivity contribution in [2.75, 3.05) is 13.2 Å². The summed E-state index contributed by atoms with van der Waals surface area (Å²) >= 11 is 0. The summed E-state index contributed by atoms with van der Waals surface area (Å²) in [4.78, 5) is 0. The molecule has 1 heterocycles. The van der Waals surface area contributed by atoms with Gasteiger partial charge in [0.25, 0.3) is 0 Å². The third-order valence-electron chi connectivity index (χ3n) is 2.47. The molecule has 1 aromatic rings. The summed E-state index contributed by atoms with van der Waals surface area (Å²) in [6.45, 7) is 5.43. The number of hydrogen-bond donors (Lipinski definition) is 1. The van der Waals surface area contributed by atoms with Gasteiger partial charge in [0, 0.05) is 12.1 Å². The maximum atomic E-state index is 11.9. The van der Waals surface area contributed by atoms with Crippen LogP contribution in [0.3, 0.4) is 0 Å². The molecule has 0 aliphatic heterocycles. The molecule has 0 aliphatic carbocycles. The zero-order valence-corrected chi connectivity index (χ0v) is 11.2. The van der Waals surface area contributed by atoms with Gasteiger partial charge in [-0.25, -0.2) is 0 Å². The van der Waals surface area contributed by atoms with Crippen LogP contribution in [0, 0.1) is 5.92 Å². The fourth-order valence-corrected chi connectivity index (χ4v) is 1.50. The highest BCUT2D eigenvalue weighted by Crippen LogP contribution is 2.19. The first-order chi connectivity index (χ1) is 8.88. The molecule has 0 atom stereocenters. The minimum atomic E-state index is -4.18. The molecule has 0 spiro atoms. The Morgan fingerprint density at radius 1 is 1.37 bits per heavy atom. The van der Waals surface area contributed by atoms with E-state index in [-0.39, 0.29) is 13.2 Å². The maximum absolute atomic E-state index is 11.9. The molecule has 0 saturated heterocycles. The molecular weight excluding hydrogens is 259 g/mol. The standard InChI is InChI=1S/C13H20F3NO2/c1-10(2)7-17-8-11-3-5-19-12(11)9-18-6-4-13(14,15)16/h3,5,10,17H,4,6-9H2,1-2H3. The average Bonchev–Trinajstić information content (AvgIpc) is 2.70. The molecule has 19 heavy (non-hydrogen) atoms. The van der Waals surface area contributed by atoms with Crippen LogP contribution in [0.5, 0.6) is 0 Å². The number of alkyl halides is 3. The molecule has 6 heteroatoms. The van der Waals surface area contributed by atoms with Crippen LogP contribution in [-0.2, 0) is 17.9 Å². The van der Waals surface area contributed by atoms with Gasteiger partial charge in [0.1, 0.15) is 12.4 Å². The maximum Gasteiger partial charge on any atom is 0.391 e. The highest BCUT2D eigenvalue weighted by Gasteiger charge is 2.26. The van der Waals surface area contributed by atoms with Crippen LogP contribution in [0.15, 0.2) is 16.7 Å². The molecule has 0 aromatic carbocycles. The lowest BCUT2D eigenvalue weighted by atomic mass is 10.2. The first-order valence-electron chi connectivity index (χ1n) is 6.29. The Kier molecular flexibility index (Phi) is 6.37. The first kappa shape index (κ1) is 16.0. The van der Waals surface area contributed by atoms with Gasteiger partial charge < -0.3 is 14.5 Å². The Hall–Kier alpha value is -1.01. The predicted molar refractivity (Wildman–Crippen MR) is 65.6 cm³/mol. The van der Waals surface area contributed by atoms with Crippen molar-refractivity contribution < 1.29 is 22.3 Å². The van der Waals surface area contributed by atoms with Gasteiger partial charge in [-0.05, 0) is 18.5 Å². The Morgan fingerprint density at radius 2 is 2.11 bits per heavy atom. The fraction of sp³-hybridized carbons (Fsp3) is 0.692. The Morgan fingerprint density at radius 3 is 2.74 bits per heavy atom. The summed E-state index contributed by atoms with van der Waals surface area (Å²) in [5.74, 6) is 1.12. The summed E-state index contributed by atoms with van der Waals surface area (Å²) < 4.78 is 46.0. The molecule has 0 radical (unpaired) electrons. The van der Waals surface area contributed by atoms with E-state index in [0.29, 0.717) is 18.2 Å². The van der Waals surface area contributed by atoms with E-state index in [0.717, 1.165) is 12.1 Å². The molecule has 0 saturated carbocycles. The lowest BCUT2D eigenvalue weighted by molar-refractivity contribution is -0.146. The van der Waals surface area contributed by atoms with Crippen LogP contribution in [0.1, 0.15) is 31.6 Å². The molecule has 0 unspecified atom stereocenters. The normalized spacial score (nSPS) is 12.3. The van der Waals surface area contributed by atoms with Crippen LogP contribution < -0.4 is 5.32 Å². The predicted octanol–water partition coefficient (Wildman–Crippen LogP) is 3.49. The smallest absolute Gasteiger partial charge is 0.391 e. The van der Waals surface area contributed by atoms with Crippen molar-refractivity contribution in [3.8, 4) is 0 Å². The van der Waals surface area contributed by atoms with Gasteiger partial charge in [-0.2, -0.15) is 13.2 Å². The van der Waals surface area contributed by atoms with E-state index < -0.39 is 12.6 Å². The lowest BCUT2D eigenvalue weighted by Gasteiger charge is -2.09. The van der Waals surface area contributed by atoms with Crippen molar-refractivity contribution >= 4 is 0 Å². The molecule has 0 bridgehead atoms. The Balaban J connectivity index is 2.28. The Labute approximate surface area is 111 Å². The molecule has 0 fully saturated rings. The molecule has 1 rings (SSSR count). The van der Waals surface area contributed by atoms with E-state index in [4.69, 9.17) is 9.15 Å². The Bertz CT molecular complexity index is 361. The van der Waals surface area contributed by atoms with Gasteiger partial charge in [-0.1, -0.05) is 13.8 Å². The molecule has 3 nitrogen and oxygen atoms in total. The van der Waals surface area contributed by atoms with Crippen molar-refractivity contribution in [3.05, 3.63) is 23.7 Å². The highest BCUT2D eigenvalue weighted by molar-refractivity contribution is 5.16. The summed E-state index contributed by atoms with van der Waals surface area (Å²) in [6, 6.07) is 1.80. The first-order valence-corrected chi connectivity index (χ1v) is 6.29.